The number of pyridine rings is 1. The summed E-state index contributed by atoms with van der Waals surface area (Å²) >= 11 is 0. The first-order chi connectivity index (χ1) is 16.6. The SMILES string of the molecule is COC(=O)/C(=C\c1cn(-c2ccccc2)nc1-c1cc2ccccc2oc1=O)c1ccccn1. The maximum Gasteiger partial charge on any atom is 0.345 e. The monoisotopic (exact) mass is 449 g/mol. The van der Waals surface area contributed by atoms with E-state index in [0.29, 0.717) is 22.5 Å². The van der Waals surface area contributed by atoms with Crippen LogP contribution in [0.5, 0.6) is 0 Å². The summed E-state index contributed by atoms with van der Waals surface area (Å²) < 4.78 is 12.2. The number of benzene rings is 2. The molecule has 0 radical (unpaired) electrons. The number of rotatable bonds is 5. The van der Waals surface area contributed by atoms with Crippen molar-refractivity contribution in [2.45, 2.75) is 0 Å². The molecule has 7 heteroatoms. The summed E-state index contributed by atoms with van der Waals surface area (Å²) in [6, 6.07) is 23.8. The normalized spacial score (nSPS) is 11.5. The number of esters is 1. The zero-order chi connectivity index (χ0) is 23.5. The van der Waals surface area contributed by atoms with E-state index in [0.717, 1.165) is 11.1 Å². The number of carbonyl (C=O) groups is 1. The number of fused-ring (bicyclic) bond motifs is 1. The summed E-state index contributed by atoms with van der Waals surface area (Å²) in [6.07, 6.45) is 4.98. The van der Waals surface area contributed by atoms with Crippen molar-refractivity contribution in [1.29, 1.82) is 0 Å². The quantitative estimate of drug-likeness (QED) is 0.219. The third-order valence-electron chi connectivity index (χ3n) is 5.31. The molecule has 0 saturated carbocycles. The Morgan fingerprint density at radius 1 is 1.00 bits per heavy atom. The van der Waals surface area contributed by atoms with E-state index >= 15 is 0 Å². The van der Waals surface area contributed by atoms with E-state index in [2.05, 4.69) is 10.1 Å². The summed E-state index contributed by atoms with van der Waals surface area (Å²) in [5.41, 5.74) is 2.64. The fourth-order valence-corrected chi connectivity index (χ4v) is 3.67. The molecule has 3 heterocycles. The fraction of sp³-hybridized carbons (Fsp3) is 0.0370. The molecule has 0 bridgehead atoms. The molecule has 0 amide bonds. The lowest BCUT2D eigenvalue weighted by Gasteiger charge is -2.05. The van der Waals surface area contributed by atoms with Crippen molar-refractivity contribution in [2.75, 3.05) is 7.11 Å². The van der Waals surface area contributed by atoms with E-state index in [4.69, 9.17) is 9.15 Å². The van der Waals surface area contributed by atoms with Crippen molar-refractivity contribution in [1.82, 2.24) is 14.8 Å². The summed E-state index contributed by atoms with van der Waals surface area (Å²) in [4.78, 5) is 29.9. The number of nitrogens with zero attached hydrogens (tertiary/aromatic N) is 3. The molecule has 0 spiro atoms. The third-order valence-corrected chi connectivity index (χ3v) is 5.31. The third kappa shape index (κ3) is 4.02. The summed E-state index contributed by atoms with van der Waals surface area (Å²) in [5.74, 6) is -0.553. The van der Waals surface area contributed by atoms with Crippen molar-refractivity contribution in [3.8, 4) is 16.9 Å². The molecule has 2 aromatic carbocycles. The highest BCUT2D eigenvalue weighted by molar-refractivity contribution is 6.21. The number of aromatic nitrogens is 3. The Hall–Kier alpha value is -4.78. The van der Waals surface area contributed by atoms with Gasteiger partial charge in [-0.3, -0.25) is 4.98 Å². The standard InChI is InChI=1S/C27H19N3O4/c1-33-26(31)21(23-12-7-8-14-28-23)16-19-17-30(20-10-3-2-4-11-20)29-25(19)22-15-18-9-5-6-13-24(18)34-27(22)32/h2-17H,1H3/b21-16-. The molecule has 7 nitrogen and oxygen atoms in total. The summed E-state index contributed by atoms with van der Waals surface area (Å²) in [7, 11) is 1.31. The Balaban J connectivity index is 1.76. The van der Waals surface area contributed by atoms with Gasteiger partial charge >= 0.3 is 11.6 Å². The van der Waals surface area contributed by atoms with Crippen LogP contribution >= 0.6 is 0 Å². The van der Waals surface area contributed by atoms with Crippen LogP contribution in [0.1, 0.15) is 11.3 Å². The van der Waals surface area contributed by atoms with Gasteiger partial charge in [0.05, 0.1) is 29.6 Å². The second-order valence-electron chi connectivity index (χ2n) is 7.46. The van der Waals surface area contributed by atoms with Crippen LogP contribution in [0.2, 0.25) is 0 Å². The van der Waals surface area contributed by atoms with Crippen LogP contribution in [-0.4, -0.2) is 27.8 Å². The van der Waals surface area contributed by atoms with Gasteiger partial charge in [-0.15, -0.1) is 0 Å². The van der Waals surface area contributed by atoms with Crippen LogP contribution in [0.15, 0.2) is 100 Å². The van der Waals surface area contributed by atoms with Gasteiger partial charge in [-0.05, 0) is 42.5 Å². The zero-order valence-electron chi connectivity index (χ0n) is 18.2. The maximum atomic E-state index is 12.9. The van der Waals surface area contributed by atoms with Crippen LogP contribution in [0.4, 0.5) is 0 Å². The molecule has 5 aromatic rings. The maximum absolute atomic E-state index is 12.9. The molecule has 166 valence electrons. The lowest BCUT2D eigenvalue weighted by Crippen LogP contribution is -2.06. The number of carbonyl (C=O) groups excluding carboxylic acids is 1. The Morgan fingerprint density at radius 2 is 1.76 bits per heavy atom. The minimum absolute atomic E-state index is 0.238. The molecule has 0 fully saturated rings. The van der Waals surface area contributed by atoms with Crippen molar-refractivity contribution in [3.63, 3.8) is 0 Å². The number of ether oxygens (including phenoxy) is 1. The minimum atomic E-state index is -0.553. The van der Waals surface area contributed by atoms with Crippen LogP contribution in [0.3, 0.4) is 0 Å². The summed E-state index contributed by atoms with van der Waals surface area (Å²) in [5, 5.41) is 5.45. The number of hydrogen-bond donors (Lipinski definition) is 0. The van der Waals surface area contributed by atoms with Crippen LogP contribution in [0, 0.1) is 0 Å². The Labute approximate surface area is 194 Å². The van der Waals surface area contributed by atoms with Gasteiger partial charge in [-0.25, -0.2) is 14.3 Å². The van der Waals surface area contributed by atoms with E-state index in [1.165, 1.54) is 7.11 Å². The predicted molar refractivity (Wildman–Crippen MR) is 129 cm³/mol. The molecule has 0 atom stereocenters. The molecule has 0 N–H and O–H groups in total. The van der Waals surface area contributed by atoms with E-state index in [-0.39, 0.29) is 11.1 Å². The first kappa shape index (κ1) is 21.1. The molecule has 0 unspecified atom stereocenters. The molecule has 5 rings (SSSR count). The molecule has 0 saturated heterocycles. The highest BCUT2D eigenvalue weighted by Gasteiger charge is 2.20. The van der Waals surface area contributed by atoms with Crippen LogP contribution < -0.4 is 5.63 Å². The van der Waals surface area contributed by atoms with Crippen molar-refractivity contribution >= 4 is 28.6 Å². The van der Waals surface area contributed by atoms with E-state index in [9.17, 15) is 9.59 Å². The van der Waals surface area contributed by atoms with Gasteiger partial charge < -0.3 is 9.15 Å². The molecule has 0 aliphatic heterocycles. The van der Waals surface area contributed by atoms with Crippen molar-refractivity contribution in [3.05, 3.63) is 113 Å². The lowest BCUT2D eigenvalue weighted by atomic mass is 10.0. The minimum Gasteiger partial charge on any atom is -0.465 e. The molecule has 0 aliphatic rings. The largest absolute Gasteiger partial charge is 0.465 e. The van der Waals surface area contributed by atoms with Gasteiger partial charge in [0.15, 0.2) is 0 Å². The Bertz CT molecular complexity index is 1570. The van der Waals surface area contributed by atoms with Gasteiger partial charge in [0.1, 0.15) is 11.3 Å². The number of hydrogen-bond acceptors (Lipinski definition) is 6. The van der Waals surface area contributed by atoms with Gasteiger partial charge in [0.25, 0.3) is 0 Å². The molecule has 0 aliphatic carbocycles. The van der Waals surface area contributed by atoms with E-state index < -0.39 is 11.6 Å². The van der Waals surface area contributed by atoms with Gasteiger partial charge in [-0.2, -0.15) is 5.10 Å². The first-order valence-electron chi connectivity index (χ1n) is 10.5. The number of para-hydroxylation sites is 2. The zero-order valence-corrected chi connectivity index (χ0v) is 18.2. The second kappa shape index (κ2) is 8.99. The topological polar surface area (TPSA) is 87.2 Å². The van der Waals surface area contributed by atoms with Gasteiger partial charge in [0.2, 0.25) is 0 Å². The first-order valence-corrected chi connectivity index (χ1v) is 10.5. The Morgan fingerprint density at radius 3 is 2.53 bits per heavy atom. The highest BCUT2D eigenvalue weighted by atomic mass is 16.5. The van der Waals surface area contributed by atoms with Crippen LogP contribution in [-0.2, 0) is 9.53 Å². The second-order valence-corrected chi connectivity index (χ2v) is 7.46. The average molecular weight is 449 g/mol. The number of methoxy groups -OCH3 is 1. The average Bonchev–Trinajstić information content (AvgIpc) is 3.31. The predicted octanol–water partition coefficient (Wildman–Crippen LogP) is 4.75. The molecular formula is C27H19N3O4. The summed E-state index contributed by atoms with van der Waals surface area (Å²) in [6.45, 7) is 0. The van der Waals surface area contributed by atoms with Gasteiger partial charge in [0, 0.05) is 23.3 Å². The fourth-order valence-electron chi connectivity index (χ4n) is 3.67. The van der Waals surface area contributed by atoms with Crippen molar-refractivity contribution < 1.29 is 13.9 Å². The van der Waals surface area contributed by atoms with Crippen LogP contribution in [0.25, 0.3) is 39.6 Å². The lowest BCUT2D eigenvalue weighted by molar-refractivity contribution is -0.133. The van der Waals surface area contributed by atoms with Gasteiger partial charge in [-0.1, -0.05) is 42.5 Å². The smallest absolute Gasteiger partial charge is 0.345 e. The molecule has 34 heavy (non-hydrogen) atoms. The van der Waals surface area contributed by atoms with Crippen molar-refractivity contribution in [2.24, 2.45) is 0 Å². The van der Waals surface area contributed by atoms with E-state index in [1.54, 1.807) is 59.5 Å². The Kier molecular flexibility index (Phi) is 5.58. The molecular weight excluding hydrogens is 430 g/mol. The highest BCUT2D eigenvalue weighted by Crippen LogP contribution is 2.28. The molecule has 3 aromatic heterocycles. The van der Waals surface area contributed by atoms with E-state index in [1.807, 2.05) is 42.5 Å².